The zero-order valence-corrected chi connectivity index (χ0v) is 11.3. The fourth-order valence-electron chi connectivity index (χ4n) is 1.16. The number of hydrogen-bond acceptors (Lipinski definition) is 2. The van der Waals surface area contributed by atoms with Crippen LogP contribution in [-0.2, 0) is 0 Å². The molecule has 1 unspecified atom stereocenters. The molecule has 0 bridgehead atoms. The third-order valence-electron chi connectivity index (χ3n) is 1.82. The van der Waals surface area contributed by atoms with Crippen LogP contribution < -0.4 is 0 Å². The summed E-state index contributed by atoms with van der Waals surface area (Å²) in [7, 11) is 0. The number of aromatic hydroxyl groups is 1. The molecule has 7 heteroatoms. The predicted octanol–water partition coefficient (Wildman–Crippen LogP) is 3.84. The minimum atomic E-state index is -0.00457. The van der Waals surface area contributed by atoms with E-state index in [9.17, 15) is 5.11 Å². The van der Waals surface area contributed by atoms with E-state index in [4.69, 9.17) is 23.2 Å². The van der Waals surface area contributed by atoms with E-state index in [1.54, 1.807) is 16.7 Å². The molecule has 0 fully saturated rings. The first-order valence-electron chi connectivity index (χ1n) is 3.56. The van der Waals surface area contributed by atoms with Crippen molar-refractivity contribution in [3.63, 3.8) is 0 Å². The zero-order chi connectivity index (χ0) is 10.3. The Morgan fingerprint density at radius 1 is 1.50 bits per heavy atom. The molecule has 0 aliphatic carbocycles. The van der Waals surface area contributed by atoms with Crippen molar-refractivity contribution in [1.29, 1.82) is 0 Å². The molecule has 1 aromatic heterocycles. The molecule has 2 aromatic rings. The minimum Gasteiger partial charge on any atom is -0.506 e. The van der Waals surface area contributed by atoms with Crippen molar-refractivity contribution in [2.24, 2.45) is 0 Å². The number of halogens is 3. The summed E-state index contributed by atoms with van der Waals surface area (Å²) in [5.74, 6) is -0.00457. The topological polar surface area (TPSA) is 38.1 Å². The Bertz CT molecular complexity index is 502. The van der Waals surface area contributed by atoms with Gasteiger partial charge in [-0.1, -0.05) is 23.2 Å². The molecule has 1 N–H and O–H groups in total. The van der Waals surface area contributed by atoms with Gasteiger partial charge in [0.2, 0.25) is 0 Å². The average molecular weight is 361 g/mol. The third kappa shape index (κ3) is 1.58. The molecular weight excluding hydrogens is 357 g/mol. The van der Waals surface area contributed by atoms with Crippen molar-refractivity contribution in [1.82, 2.24) is 9.55 Å². The molecule has 0 spiro atoms. The first-order chi connectivity index (χ1) is 6.65. The largest absolute Gasteiger partial charge is 0.506 e. The maximum absolute atomic E-state index is 9.68. The van der Waals surface area contributed by atoms with E-state index >= 15 is 0 Å². The molecule has 1 aromatic carbocycles. The molecule has 1 atom stereocenters. The molecule has 14 heavy (non-hydrogen) atoms. The van der Waals surface area contributed by atoms with E-state index in [2.05, 4.69) is 27.1 Å². The van der Waals surface area contributed by atoms with Crippen LogP contribution in [0.4, 0.5) is 0 Å². The fourth-order valence-corrected chi connectivity index (χ4v) is 3.04. The number of nitrogens with zero attached hydrogens (tertiary/aromatic N) is 2. The molecular formula is C7H4Cl2IN2OP. The molecule has 3 nitrogen and oxygen atoms in total. The van der Waals surface area contributed by atoms with Gasteiger partial charge in [0.1, 0.15) is 10.8 Å². The highest BCUT2D eigenvalue weighted by Gasteiger charge is 2.13. The van der Waals surface area contributed by atoms with Gasteiger partial charge in [-0.05, 0) is 28.1 Å². The Labute approximate surface area is 105 Å². The fraction of sp³-hybridized carbons (Fsp3) is 0. The summed E-state index contributed by atoms with van der Waals surface area (Å²) in [5.41, 5.74) is 0.796. The predicted molar refractivity (Wildman–Crippen MR) is 69.2 cm³/mol. The summed E-state index contributed by atoms with van der Waals surface area (Å²) in [4.78, 5) is 0. The van der Waals surface area contributed by atoms with E-state index in [1.807, 2.05) is 0 Å². The van der Waals surface area contributed by atoms with Crippen molar-refractivity contribution in [3.8, 4) is 5.75 Å². The average Bonchev–Trinajstić information content (AvgIpc) is 2.57. The van der Waals surface area contributed by atoms with Crippen LogP contribution >= 0.6 is 51.6 Å². The second-order valence-corrected chi connectivity index (χ2v) is 5.42. The van der Waals surface area contributed by atoms with E-state index in [0.29, 0.717) is 16.8 Å². The van der Waals surface area contributed by atoms with Gasteiger partial charge in [-0.3, -0.25) is 0 Å². The van der Waals surface area contributed by atoms with Crippen LogP contribution in [0.1, 0.15) is 0 Å². The van der Waals surface area contributed by atoms with Crippen LogP contribution in [0.3, 0.4) is 0 Å². The van der Waals surface area contributed by atoms with Crippen molar-refractivity contribution in [3.05, 3.63) is 22.3 Å². The van der Waals surface area contributed by atoms with Gasteiger partial charge < -0.3 is 5.11 Å². The summed E-state index contributed by atoms with van der Waals surface area (Å²) in [6, 6.07) is 1.71. The quantitative estimate of drug-likeness (QED) is 0.619. The zero-order valence-electron chi connectivity index (χ0n) is 6.63. The van der Waals surface area contributed by atoms with Gasteiger partial charge >= 0.3 is 0 Å². The number of fused-ring (bicyclic) bond motifs is 1. The van der Waals surface area contributed by atoms with E-state index < -0.39 is 0 Å². The Morgan fingerprint density at radius 3 is 2.86 bits per heavy atom. The van der Waals surface area contributed by atoms with Gasteiger partial charge in [0.05, 0.1) is 28.5 Å². The lowest BCUT2D eigenvalue weighted by atomic mass is 10.2. The Morgan fingerprint density at radius 2 is 2.21 bits per heavy atom. The molecule has 0 aliphatic rings. The summed E-state index contributed by atoms with van der Waals surface area (Å²) in [6.45, 7) is 0. The van der Waals surface area contributed by atoms with E-state index in [-0.39, 0.29) is 10.8 Å². The molecule has 0 saturated carbocycles. The molecule has 2 rings (SSSR count). The van der Waals surface area contributed by atoms with Crippen molar-refractivity contribution >= 4 is 62.5 Å². The first-order valence-corrected chi connectivity index (χ1v) is 8.38. The number of rotatable bonds is 1. The molecule has 1 heterocycles. The Balaban J connectivity index is 2.86. The van der Waals surface area contributed by atoms with Crippen molar-refractivity contribution < 1.29 is 5.11 Å². The van der Waals surface area contributed by atoms with Gasteiger partial charge in [-0.2, -0.15) is 5.10 Å². The highest BCUT2D eigenvalue weighted by atomic mass is 127. The highest BCUT2D eigenvalue weighted by Crippen LogP contribution is 2.40. The lowest BCUT2D eigenvalue weighted by Gasteiger charge is -2.02. The first kappa shape index (κ1) is 10.7. The highest BCUT2D eigenvalue weighted by molar-refractivity contribution is 14.2. The van der Waals surface area contributed by atoms with Crippen LogP contribution in [0.2, 0.25) is 10.0 Å². The molecule has 0 radical (unpaired) electrons. The monoisotopic (exact) mass is 360 g/mol. The molecule has 74 valence electrons. The number of hydrogen-bond donors (Lipinski definition) is 1. The van der Waals surface area contributed by atoms with Crippen LogP contribution in [0.25, 0.3) is 10.9 Å². The standard InChI is InChI=1S/C7H4Cl2IN2OP/c8-4-1-5-3(7(13)6(4)9)2-11-12(5)14-10/h1-2,13-14H. The van der Waals surface area contributed by atoms with Crippen molar-refractivity contribution in [2.75, 3.05) is 0 Å². The summed E-state index contributed by atoms with van der Waals surface area (Å²) in [6.07, 6.45) is 2.04. The second-order valence-electron chi connectivity index (χ2n) is 2.59. The van der Waals surface area contributed by atoms with Gasteiger partial charge in [-0.25, -0.2) is 4.45 Å². The summed E-state index contributed by atoms with van der Waals surface area (Å²) >= 11 is 13.8. The SMILES string of the molecule is Oc1c(Cl)c(Cl)cc2c1cnn2PI. The maximum Gasteiger partial charge on any atom is 0.146 e. The van der Waals surface area contributed by atoms with Crippen LogP contribution in [0, 0.1) is 0 Å². The maximum atomic E-state index is 9.68. The molecule has 0 amide bonds. The van der Waals surface area contributed by atoms with Gasteiger partial charge in [0.25, 0.3) is 0 Å². The van der Waals surface area contributed by atoms with E-state index in [1.165, 1.54) is 0 Å². The minimum absolute atomic E-state index is 0.00457. The second kappa shape index (κ2) is 4.00. The summed E-state index contributed by atoms with van der Waals surface area (Å²) < 4.78 is 1.76. The van der Waals surface area contributed by atoms with Gasteiger partial charge in [0.15, 0.2) is 0 Å². The number of phenolic OH excluding ortho intramolecular Hbond substituents is 1. The smallest absolute Gasteiger partial charge is 0.146 e. The number of phenols is 1. The molecule has 0 aliphatic heterocycles. The lowest BCUT2D eigenvalue weighted by Crippen LogP contribution is -1.82. The summed E-state index contributed by atoms with van der Waals surface area (Å²) in [5, 5.41) is 14.9. The van der Waals surface area contributed by atoms with Crippen LogP contribution in [0.5, 0.6) is 5.75 Å². The van der Waals surface area contributed by atoms with Crippen LogP contribution in [0.15, 0.2) is 12.3 Å². The van der Waals surface area contributed by atoms with E-state index in [0.717, 1.165) is 5.52 Å². The molecule has 0 saturated heterocycles. The van der Waals surface area contributed by atoms with Crippen LogP contribution in [-0.4, -0.2) is 14.7 Å². The number of aromatic nitrogens is 2. The van der Waals surface area contributed by atoms with Gasteiger partial charge in [-0.15, -0.1) is 0 Å². The van der Waals surface area contributed by atoms with Crippen molar-refractivity contribution in [2.45, 2.75) is 0 Å². The number of benzene rings is 1. The Kier molecular flexibility index (Phi) is 3.07. The third-order valence-corrected chi connectivity index (χ3v) is 4.49. The lowest BCUT2D eigenvalue weighted by molar-refractivity contribution is 0.482. The van der Waals surface area contributed by atoms with Gasteiger partial charge in [0, 0.05) is 0 Å². The normalized spacial score (nSPS) is 11.9. The Hall–Kier alpha value is 0.230.